The van der Waals surface area contributed by atoms with Crippen molar-refractivity contribution in [1.82, 2.24) is 0 Å². The fourth-order valence-electron chi connectivity index (χ4n) is 2.57. The highest BCUT2D eigenvalue weighted by Crippen LogP contribution is 2.35. The van der Waals surface area contributed by atoms with Crippen molar-refractivity contribution >= 4 is 0 Å². The zero-order valence-corrected chi connectivity index (χ0v) is 10.7. The van der Waals surface area contributed by atoms with Crippen LogP contribution in [0, 0.1) is 5.92 Å². The van der Waals surface area contributed by atoms with Crippen molar-refractivity contribution in [2.75, 3.05) is 13.2 Å². The van der Waals surface area contributed by atoms with Gasteiger partial charge in [0.2, 0.25) is 0 Å². The van der Waals surface area contributed by atoms with Crippen LogP contribution in [0.5, 0.6) is 0 Å². The largest absolute Gasteiger partial charge is 0.381 e. The van der Waals surface area contributed by atoms with Crippen LogP contribution in [0.25, 0.3) is 0 Å². The van der Waals surface area contributed by atoms with Crippen molar-refractivity contribution < 1.29 is 4.74 Å². The molecule has 2 nitrogen and oxygen atoms in total. The third kappa shape index (κ3) is 3.08. The second-order valence-electron chi connectivity index (χ2n) is 4.94. The Bertz CT molecular complexity index is 351. The molecule has 2 N–H and O–H groups in total. The number of hydrogen-bond donors (Lipinski definition) is 1. The van der Waals surface area contributed by atoms with E-state index in [0.717, 1.165) is 32.5 Å². The van der Waals surface area contributed by atoms with Gasteiger partial charge in [0, 0.05) is 19.3 Å². The molecule has 0 amide bonds. The minimum Gasteiger partial charge on any atom is -0.381 e. The molecule has 0 saturated heterocycles. The quantitative estimate of drug-likeness (QED) is 0.766. The van der Waals surface area contributed by atoms with E-state index in [-0.39, 0.29) is 6.04 Å². The lowest BCUT2D eigenvalue weighted by Gasteiger charge is -2.15. The Morgan fingerprint density at radius 1 is 1.29 bits per heavy atom. The smallest absolute Gasteiger partial charge is 0.0469 e. The summed E-state index contributed by atoms with van der Waals surface area (Å²) in [5.41, 5.74) is 9.04. The summed E-state index contributed by atoms with van der Waals surface area (Å²) in [6.45, 7) is 3.94. The van der Waals surface area contributed by atoms with Gasteiger partial charge < -0.3 is 10.5 Å². The van der Waals surface area contributed by atoms with Crippen LogP contribution < -0.4 is 5.73 Å². The molecule has 2 unspecified atom stereocenters. The predicted octanol–water partition coefficient (Wildman–Crippen LogP) is 3.07. The van der Waals surface area contributed by atoms with Crippen molar-refractivity contribution in [2.24, 2.45) is 11.7 Å². The maximum Gasteiger partial charge on any atom is 0.0469 e. The monoisotopic (exact) mass is 233 g/mol. The number of fused-ring (bicyclic) bond motifs is 1. The lowest BCUT2D eigenvalue weighted by Crippen LogP contribution is -2.18. The lowest BCUT2D eigenvalue weighted by atomic mass is 9.98. The molecule has 0 bridgehead atoms. The zero-order chi connectivity index (χ0) is 12.1. The second kappa shape index (κ2) is 6.18. The van der Waals surface area contributed by atoms with Crippen LogP contribution >= 0.6 is 0 Å². The van der Waals surface area contributed by atoms with Crippen LogP contribution in [0.3, 0.4) is 0 Å². The Hall–Kier alpha value is -0.860. The molecule has 1 aliphatic rings. The summed E-state index contributed by atoms with van der Waals surface area (Å²) in [5, 5.41) is 0. The first-order valence-corrected chi connectivity index (χ1v) is 6.74. The van der Waals surface area contributed by atoms with Crippen LogP contribution in [-0.4, -0.2) is 13.2 Å². The van der Waals surface area contributed by atoms with Gasteiger partial charge in [0.25, 0.3) is 0 Å². The molecule has 94 valence electrons. The van der Waals surface area contributed by atoms with E-state index in [0.29, 0.717) is 5.92 Å². The molecule has 0 radical (unpaired) electrons. The van der Waals surface area contributed by atoms with Crippen LogP contribution in [0.15, 0.2) is 24.3 Å². The first kappa shape index (κ1) is 12.6. The molecule has 1 aliphatic carbocycles. The lowest BCUT2D eigenvalue weighted by molar-refractivity contribution is 0.115. The van der Waals surface area contributed by atoms with Gasteiger partial charge in [-0.1, -0.05) is 37.6 Å². The van der Waals surface area contributed by atoms with Crippen molar-refractivity contribution in [2.45, 2.75) is 38.6 Å². The standard InChI is InChI=1S/C15H23NO/c1-2-3-9-17-10-8-13-11-12-6-4-5-7-14(12)15(13)16/h4-7,13,15H,2-3,8-11,16H2,1H3. The molecule has 2 rings (SSSR count). The second-order valence-corrected chi connectivity index (χ2v) is 4.94. The number of hydrogen-bond acceptors (Lipinski definition) is 2. The molecule has 0 saturated carbocycles. The first-order valence-electron chi connectivity index (χ1n) is 6.74. The Morgan fingerprint density at radius 2 is 2.12 bits per heavy atom. The summed E-state index contributed by atoms with van der Waals surface area (Å²) >= 11 is 0. The van der Waals surface area contributed by atoms with Gasteiger partial charge in [0.15, 0.2) is 0 Å². The van der Waals surface area contributed by atoms with Gasteiger partial charge in [-0.2, -0.15) is 0 Å². The molecule has 17 heavy (non-hydrogen) atoms. The average molecular weight is 233 g/mol. The number of rotatable bonds is 6. The zero-order valence-electron chi connectivity index (χ0n) is 10.7. The molecule has 0 aromatic heterocycles. The highest BCUT2D eigenvalue weighted by Gasteiger charge is 2.28. The van der Waals surface area contributed by atoms with Gasteiger partial charge in [-0.05, 0) is 36.3 Å². The Kier molecular flexibility index (Phi) is 4.57. The maximum atomic E-state index is 6.28. The maximum absolute atomic E-state index is 6.28. The van der Waals surface area contributed by atoms with E-state index in [2.05, 4.69) is 31.2 Å². The minimum absolute atomic E-state index is 0.209. The average Bonchev–Trinajstić information content (AvgIpc) is 2.67. The molecule has 0 heterocycles. The Labute approximate surface area is 104 Å². The summed E-state index contributed by atoms with van der Waals surface area (Å²) in [4.78, 5) is 0. The third-order valence-corrected chi connectivity index (χ3v) is 3.68. The van der Waals surface area contributed by atoms with E-state index in [1.165, 1.54) is 17.5 Å². The fraction of sp³-hybridized carbons (Fsp3) is 0.600. The van der Waals surface area contributed by atoms with E-state index in [1.54, 1.807) is 0 Å². The number of benzene rings is 1. The molecule has 2 atom stereocenters. The van der Waals surface area contributed by atoms with E-state index in [4.69, 9.17) is 10.5 Å². The van der Waals surface area contributed by atoms with Gasteiger partial charge in [-0.25, -0.2) is 0 Å². The van der Waals surface area contributed by atoms with Crippen molar-refractivity contribution in [3.63, 3.8) is 0 Å². The van der Waals surface area contributed by atoms with Crippen molar-refractivity contribution in [3.8, 4) is 0 Å². The van der Waals surface area contributed by atoms with E-state index in [1.807, 2.05) is 0 Å². The van der Waals surface area contributed by atoms with Gasteiger partial charge >= 0.3 is 0 Å². The van der Waals surface area contributed by atoms with E-state index >= 15 is 0 Å². The third-order valence-electron chi connectivity index (χ3n) is 3.68. The molecule has 1 aromatic rings. The van der Waals surface area contributed by atoms with E-state index < -0.39 is 0 Å². The normalized spacial score (nSPS) is 22.7. The SMILES string of the molecule is CCCCOCCC1Cc2ccccc2C1N. The van der Waals surface area contributed by atoms with Crippen LogP contribution in [0.4, 0.5) is 0 Å². The highest BCUT2D eigenvalue weighted by atomic mass is 16.5. The predicted molar refractivity (Wildman–Crippen MR) is 70.9 cm³/mol. The Morgan fingerprint density at radius 3 is 2.88 bits per heavy atom. The molecule has 0 aliphatic heterocycles. The summed E-state index contributed by atoms with van der Waals surface area (Å²) in [7, 11) is 0. The van der Waals surface area contributed by atoms with Crippen LogP contribution in [0.1, 0.15) is 43.4 Å². The number of nitrogens with two attached hydrogens (primary N) is 1. The summed E-state index contributed by atoms with van der Waals surface area (Å²) in [6.07, 6.45) is 4.57. The highest BCUT2D eigenvalue weighted by molar-refractivity contribution is 5.35. The Balaban J connectivity index is 1.78. The number of unbranched alkanes of at least 4 members (excludes halogenated alkanes) is 1. The molecule has 1 aromatic carbocycles. The molecule has 0 spiro atoms. The molecular formula is C15H23NO. The first-order chi connectivity index (χ1) is 8.33. The van der Waals surface area contributed by atoms with Crippen molar-refractivity contribution in [1.29, 1.82) is 0 Å². The van der Waals surface area contributed by atoms with Gasteiger partial charge in [0.05, 0.1) is 0 Å². The van der Waals surface area contributed by atoms with Gasteiger partial charge in [-0.15, -0.1) is 0 Å². The van der Waals surface area contributed by atoms with Gasteiger partial charge in [0.1, 0.15) is 0 Å². The minimum atomic E-state index is 0.209. The van der Waals surface area contributed by atoms with Gasteiger partial charge in [-0.3, -0.25) is 0 Å². The fourth-order valence-corrected chi connectivity index (χ4v) is 2.57. The summed E-state index contributed by atoms with van der Waals surface area (Å²) in [6, 6.07) is 8.76. The molecular weight excluding hydrogens is 210 g/mol. The summed E-state index contributed by atoms with van der Waals surface area (Å²) < 4.78 is 5.63. The molecule has 2 heteroatoms. The summed E-state index contributed by atoms with van der Waals surface area (Å²) in [5.74, 6) is 0.564. The van der Waals surface area contributed by atoms with Crippen LogP contribution in [-0.2, 0) is 11.2 Å². The van der Waals surface area contributed by atoms with Crippen LogP contribution in [0.2, 0.25) is 0 Å². The molecule has 0 fully saturated rings. The number of ether oxygens (including phenoxy) is 1. The van der Waals surface area contributed by atoms with Crippen molar-refractivity contribution in [3.05, 3.63) is 35.4 Å². The van der Waals surface area contributed by atoms with E-state index in [9.17, 15) is 0 Å². The topological polar surface area (TPSA) is 35.2 Å².